The van der Waals surface area contributed by atoms with E-state index in [4.69, 9.17) is 0 Å². The summed E-state index contributed by atoms with van der Waals surface area (Å²) in [6, 6.07) is 9.85. The Labute approximate surface area is 96.9 Å². The number of hydrogen-bond donors (Lipinski definition) is 0. The van der Waals surface area contributed by atoms with Gasteiger partial charge in [-0.3, -0.25) is 0 Å². The van der Waals surface area contributed by atoms with E-state index < -0.39 is 9.84 Å². The molecule has 0 saturated carbocycles. The number of allylic oxidation sites excluding steroid dienone is 2. The standard InChI is InChI=1S/C13H16O2S/c1-16(14,15)13-10-6-5-9-12(13)11-7-3-2-4-8-11/h2-4,7-8H,5-6,9-10H2,1H3. The molecule has 0 heterocycles. The lowest BCUT2D eigenvalue weighted by Crippen LogP contribution is -2.08. The van der Waals surface area contributed by atoms with Gasteiger partial charge in [-0.25, -0.2) is 8.42 Å². The Balaban J connectivity index is 2.55. The number of sulfone groups is 1. The molecule has 0 aromatic heterocycles. The molecule has 1 aromatic rings. The Morgan fingerprint density at radius 2 is 1.62 bits per heavy atom. The summed E-state index contributed by atoms with van der Waals surface area (Å²) in [7, 11) is -3.04. The fourth-order valence-corrected chi connectivity index (χ4v) is 3.41. The zero-order valence-electron chi connectivity index (χ0n) is 9.44. The van der Waals surface area contributed by atoms with E-state index in [0.717, 1.165) is 30.4 Å². The Morgan fingerprint density at radius 1 is 1.00 bits per heavy atom. The number of rotatable bonds is 2. The first-order valence-corrected chi connectivity index (χ1v) is 7.45. The molecule has 1 aliphatic carbocycles. The number of benzene rings is 1. The van der Waals surface area contributed by atoms with Gasteiger partial charge < -0.3 is 0 Å². The molecule has 16 heavy (non-hydrogen) atoms. The SMILES string of the molecule is CS(=O)(=O)C1=C(c2ccccc2)CCCC1. The van der Waals surface area contributed by atoms with Crippen molar-refractivity contribution in [2.75, 3.05) is 6.26 Å². The minimum absolute atomic E-state index is 0.643. The Kier molecular flexibility index (Phi) is 3.15. The minimum Gasteiger partial charge on any atom is -0.224 e. The normalized spacial score (nSPS) is 17.6. The summed E-state index contributed by atoms with van der Waals surface area (Å²) in [5.74, 6) is 0. The second-order valence-electron chi connectivity index (χ2n) is 4.25. The van der Waals surface area contributed by atoms with Crippen LogP contribution in [0.5, 0.6) is 0 Å². The molecule has 86 valence electrons. The molecule has 0 atom stereocenters. The van der Waals surface area contributed by atoms with Crippen LogP contribution in [0, 0.1) is 0 Å². The van der Waals surface area contributed by atoms with Gasteiger partial charge in [0.2, 0.25) is 0 Å². The van der Waals surface area contributed by atoms with Gasteiger partial charge in [0.1, 0.15) is 0 Å². The fourth-order valence-electron chi connectivity index (χ4n) is 2.23. The maximum absolute atomic E-state index is 11.7. The van der Waals surface area contributed by atoms with E-state index >= 15 is 0 Å². The number of hydrogen-bond acceptors (Lipinski definition) is 2. The van der Waals surface area contributed by atoms with Crippen molar-refractivity contribution in [3.63, 3.8) is 0 Å². The summed E-state index contributed by atoms with van der Waals surface area (Å²) < 4.78 is 23.4. The molecule has 0 aliphatic heterocycles. The maximum atomic E-state index is 11.7. The van der Waals surface area contributed by atoms with Gasteiger partial charge in [-0.2, -0.15) is 0 Å². The van der Waals surface area contributed by atoms with Crippen molar-refractivity contribution in [1.82, 2.24) is 0 Å². The quantitative estimate of drug-likeness (QED) is 0.791. The van der Waals surface area contributed by atoms with E-state index in [1.807, 2.05) is 30.3 Å². The van der Waals surface area contributed by atoms with Crippen LogP contribution in [0.15, 0.2) is 35.2 Å². The van der Waals surface area contributed by atoms with Crippen molar-refractivity contribution >= 4 is 15.4 Å². The zero-order valence-corrected chi connectivity index (χ0v) is 10.3. The van der Waals surface area contributed by atoms with E-state index in [2.05, 4.69) is 0 Å². The first-order chi connectivity index (χ1) is 7.59. The van der Waals surface area contributed by atoms with Crippen LogP contribution in [0.25, 0.3) is 5.57 Å². The molecule has 0 radical (unpaired) electrons. The summed E-state index contributed by atoms with van der Waals surface area (Å²) in [6.45, 7) is 0. The molecule has 2 rings (SSSR count). The van der Waals surface area contributed by atoms with Crippen molar-refractivity contribution in [3.8, 4) is 0 Å². The molecule has 0 saturated heterocycles. The van der Waals surface area contributed by atoms with Gasteiger partial charge in [0.25, 0.3) is 0 Å². The fraction of sp³-hybridized carbons (Fsp3) is 0.385. The summed E-state index contributed by atoms with van der Waals surface area (Å²) in [5.41, 5.74) is 2.08. The van der Waals surface area contributed by atoms with Gasteiger partial charge in [0.05, 0.1) is 0 Å². The molecule has 0 spiro atoms. The van der Waals surface area contributed by atoms with Crippen LogP contribution in [0.3, 0.4) is 0 Å². The van der Waals surface area contributed by atoms with Gasteiger partial charge in [0.15, 0.2) is 9.84 Å². The van der Waals surface area contributed by atoms with E-state index in [-0.39, 0.29) is 0 Å². The van der Waals surface area contributed by atoms with Crippen LogP contribution in [0.4, 0.5) is 0 Å². The monoisotopic (exact) mass is 236 g/mol. The summed E-state index contributed by atoms with van der Waals surface area (Å²) in [6.07, 6.45) is 4.97. The first kappa shape index (κ1) is 11.4. The minimum atomic E-state index is -3.04. The molecule has 0 fully saturated rings. The molecule has 0 unspecified atom stereocenters. The molecule has 0 N–H and O–H groups in total. The van der Waals surface area contributed by atoms with Crippen molar-refractivity contribution in [3.05, 3.63) is 40.8 Å². The van der Waals surface area contributed by atoms with Crippen LogP contribution < -0.4 is 0 Å². The molecule has 0 amide bonds. The highest BCUT2D eigenvalue weighted by molar-refractivity contribution is 7.94. The van der Waals surface area contributed by atoms with E-state index in [0.29, 0.717) is 11.3 Å². The molecule has 2 nitrogen and oxygen atoms in total. The lowest BCUT2D eigenvalue weighted by molar-refractivity contribution is 0.602. The highest BCUT2D eigenvalue weighted by atomic mass is 32.2. The summed E-state index contributed by atoms with van der Waals surface area (Å²) in [5, 5.41) is 0. The molecular weight excluding hydrogens is 220 g/mol. The average molecular weight is 236 g/mol. The Bertz CT molecular complexity index is 498. The van der Waals surface area contributed by atoms with Crippen molar-refractivity contribution in [2.45, 2.75) is 25.7 Å². The summed E-state index contributed by atoms with van der Waals surface area (Å²) in [4.78, 5) is 0.643. The highest BCUT2D eigenvalue weighted by Crippen LogP contribution is 2.34. The van der Waals surface area contributed by atoms with Gasteiger partial charge in [-0.15, -0.1) is 0 Å². The van der Waals surface area contributed by atoms with Gasteiger partial charge in [0, 0.05) is 11.2 Å². The van der Waals surface area contributed by atoms with E-state index in [1.54, 1.807) is 0 Å². The predicted molar refractivity (Wildman–Crippen MR) is 66.7 cm³/mol. The smallest absolute Gasteiger partial charge is 0.172 e. The topological polar surface area (TPSA) is 34.1 Å². The van der Waals surface area contributed by atoms with Crippen molar-refractivity contribution in [1.29, 1.82) is 0 Å². The molecule has 0 bridgehead atoms. The molecular formula is C13H16O2S. The molecule has 3 heteroatoms. The van der Waals surface area contributed by atoms with Crippen molar-refractivity contribution < 1.29 is 8.42 Å². The predicted octanol–water partition coefficient (Wildman–Crippen LogP) is 3.02. The second-order valence-corrected chi connectivity index (χ2v) is 6.28. The van der Waals surface area contributed by atoms with Crippen molar-refractivity contribution in [2.24, 2.45) is 0 Å². The Hall–Kier alpha value is -1.09. The third-order valence-corrected chi connectivity index (χ3v) is 4.33. The largest absolute Gasteiger partial charge is 0.224 e. The third kappa shape index (κ3) is 2.35. The zero-order chi connectivity index (χ0) is 11.6. The highest BCUT2D eigenvalue weighted by Gasteiger charge is 2.21. The van der Waals surface area contributed by atoms with E-state index in [1.165, 1.54) is 6.26 Å². The van der Waals surface area contributed by atoms with Gasteiger partial charge in [-0.05, 0) is 36.8 Å². The van der Waals surface area contributed by atoms with Crippen LogP contribution in [-0.4, -0.2) is 14.7 Å². The maximum Gasteiger partial charge on any atom is 0.172 e. The van der Waals surface area contributed by atoms with Crippen LogP contribution in [0.2, 0.25) is 0 Å². The molecule has 1 aromatic carbocycles. The second kappa shape index (κ2) is 4.42. The lowest BCUT2D eigenvalue weighted by Gasteiger charge is -2.19. The lowest BCUT2D eigenvalue weighted by atomic mass is 9.93. The molecule has 1 aliphatic rings. The third-order valence-electron chi connectivity index (χ3n) is 2.99. The Morgan fingerprint density at radius 3 is 2.25 bits per heavy atom. The van der Waals surface area contributed by atoms with Gasteiger partial charge in [-0.1, -0.05) is 30.3 Å². The van der Waals surface area contributed by atoms with Crippen LogP contribution in [-0.2, 0) is 9.84 Å². The van der Waals surface area contributed by atoms with Crippen LogP contribution >= 0.6 is 0 Å². The first-order valence-electron chi connectivity index (χ1n) is 5.56. The van der Waals surface area contributed by atoms with E-state index in [9.17, 15) is 8.42 Å². The van der Waals surface area contributed by atoms with Gasteiger partial charge >= 0.3 is 0 Å². The average Bonchev–Trinajstić information content (AvgIpc) is 2.29. The van der Waals surface area contributed by atoms with Crippen LogP contribution in [0.1, 0.15) is 31.2 Å². The summed E-state index contributed by atoms with van der Waals surface area (Å²) >= 11 is 0.